The summed E-state index contributed by atoms with van der Waals surface area (Å²) in [5.74, 6) is 0. The maximum absolute atomic E-state index is 6.12. The molecule has 0 saturated carbocycles. The Kier molecular flexibility index (Phi) is 2.26. The zero-order valence-corrected chi connectivity index (χ0v) is 9.09. The van der Waals surface area contributed by atoms with Crippen LogP contribution in [0.3, 0.4) is 0 Å². The number of rotatable bonds is 1. The third-order valence-electron chi connectivity index (χ3n) is 2.18. The van der Waals surface area contributed by atoms with E-state index in [-0.39, 0.29) is 0 Å². The number of hydrogen-bond acceptors (Lipinski definition) is 1. The zero-order valence-electron chi connectivity index (χ0n) is 7.52. The van der Waals surface area contributed by atoms with Crippen LogP contribution in [0.1, 0.15) is 5.56 Å². The highest BCUT2D eigenvalue weighted by Gasteiger charge is 2.07. The molecule has 2 aromatic rings. The molecule has 1 N–H and O–H groups in total. The first-order valence-corrected chi connectivity index (χ1v) is 5.64. The van der Waals surface area contributed by atoms with Crippen LogP contribution in [0.4, 0.5) is 0 Å². The van der Waals surface area contributed by atoms with Crippen molar-refractivity contribution in [2.24, 2.45) is 0 Å². The summed E-state index contributed by atoms with van der Waals surface area (Å²) in [6.45, 7) is 2.08. The van der Waals surface area contributed by atoms with Gasteiger partial charge in [0, 0.05) is 16.5 Å². The Hall–Kier alpha value is -0.600. The molecule has 0 unspecified atom stereocenters. The van der Waals surface area contributed by atoms with Crippen LogP contribution in [-0.2, 0) is 0 Å². The molecule has 0 atom stereocenters. The molecule has 1 nitrogen and oxygen atoms in total. The molecule has 1 aromatic heterocycles. The van der Waals surface area contributed by atoms with E-state index in [0.717, 1.165) is 15.9 Å². The van der Waals surface area contributed by atoms with Crippen LogP contribution in [0, 0.1) is 6.92 Å². The third-order valence-corrected chi connectivity index (χ3v) is 3.25. The minimum atomic E-state index is 0.825. The number of H-pyrrole nitrogens is 1. The van der Waals surface area contributed by atoms with Gasteiger partial charge in [-0.25, -0.2) is 0 Å². The average Bonchev–Trinajstić information content (AvgIpc) is 2.56. The van der Waals surface area contributed by atoms with Gasteiger partial charge < -0.3 is 4.98 Å². The summed E-state index contributed by atoms with van der Waals surface area (Å²) in [6, 6.07) is 3.98. The number of benzene rings is 1. The van der Waals surface area contributed by atoms with Gasteiger partial charge in [0.2, 0.25) is 0 Å². The van der Waals surface area contributed by atoms with Crippen LogP contribution in [0.5, 0.6) is 0 Å². The van der Waals surface area contributed by atoms with Gasteiger partial charge >= 0.3 is 0 Å². The molecular formula is C10H10ClNS. The smallest absolute Gasteiger partial charge is 0.0511 e. The maximum Gasteiger partial charge on any atom is 0.0511 e. The first kappa shape index (κ1) is 8.97. The van der Waals surface area contributed by atoms with Gasteiger partial charge in [-0.3, -0.25) is 0 Å². The number of nitrogens with one attached hydrogen (secondary N) is 1. The molecule has 1 aromatic carbocycles. The van der Waals surface area contributed by atoms with Crippen LogP contribution >= 0.6 is 23.4 Å². The number of aryl methyl sites for hydroxylation is 1. The molecule has 0 aliphatic rings. The molecule has 0 bridgehead atoms. The predicted molar refractivity (Wildman–Crippen MR) is 59.8 cm³/mol. The summed E-state index contributed by atoms with van der Waals surface area (Å²) in [5, 5.41) is 1.97. The van der Waals surface area contributed by atoms with Crippen LogP contribution < -0.4 is 0 Å². The van der Waals surface area contributed by atoms with E-state index in [0.29, 0.717) is 0 Å². The van der Waals surface area contributed by atoms with Crippen LogP contribution in [-0.4, -0.2) is 11.2 Å². The largest absolute Gasteiger partial charge is 0.360 e. The minimum absolute atomic E-state index is 0.825. The zero-order chi connectivity index (χ0) is 9.42. The second-order valence-corrected chi connectivity index (χ2v) is 4.23. The van der Waals surface area contributed by atoms with E-state index in [9.17, 15) is 0 Å². The molecule has 0 aliphatic heterocycles. The highest BCUT2D eigenvalue weighted by molar-refractivity contribution is 7.98. The molecule has 0 amide bonds. The Balaban J connectivity index is 2.87. The lowest BCUT2D eigenvalue weighted by Crippen LogP contribution is -1.76. The van der Waals surface area contributed by atoms with Crippen molar-refractivity contribution < 1.29 is 0 Å². The molecule has 2 rings (SSSR count). The Bertz CT molecular complexity index is 447. The topological polar surface area (TPSA) is 15.8 Å². The normalized spacial score (nSPS) is 11.0. The van der Waals surface area contributed by atoms with Crippen molar-refractivity contribution in [2.45, 2.75) is 11.8 Å². The molecule has 68 valence electrons. The highest BCUT2D eigenvalue weighted by Crippen LogP contribution is 2.33. The lowest BCUT2D eigenvalue weighted by molar-refractivity contribution is 1.39. The minimum Gasteiger partial charge on any atom is -0.360 e. The monoisotopic (exact) mass is 211 g/mol. The fourth-order valence-corrected chi connectivity index (χ4v) is 2.39. The van der Waals surface area contributed by atoms with E-state index in [1.807, 2.05) is 18.3 Å². The molecule has 0 spiro atoms. The van der Waals surface area contributed by atoms with Gasteiger partial charge in [-0.1, -0.05) is 17.7 Å². The summed E-state index contributed by atoms with van der Waals surface area (Å²) in [6.07, 6.45) is 4.06. The van der Waals surface area contributed by atoms with E-state index < -0.39 is 0 Å². The Morgan fingerprint density at radius 1 is 1.38 bits per heavy atom. The summed E-state index contributed by atoms with van der Waals surface area (Å²) >= 11 is 7.83. The molecule has 0 saturated heterocycles. The standard InChI is InChI=1S/C10H10ClNS/c1-6-3-4-7(11)9-8(13-2)5-12-10(6)9/h3-5,12H,1-2H3. The van der Waals surface area contributed by atoms with Gasteiger partial charge in [0.1, 0.15) is 0 Å². The number of thioether (sulfide) groups is 1. The van der Waals surface area contributed by atoms with Crippen molar-refractivity contribution in [3.05, 3.63) is 28.9 Å². The van der Waals surface area contributed by atoms with Gasteiger partial charge in [-0.05, 0) is 24.8 Å². The lowest BCUT2D eigenvalue weighted by Gasteiger charge is -1.99. The van der Waals surface area contributed by atoms with Crippen molar-refractivity contribution in [3.8, 4) is 0 Å². The Morgan fingerprint density at radius 2 is 2.15 bits per heavy atom. The fourth-order valence-electron chi connectivity index (χ4n) is 1.48. The van der Waals surface area contributed by atoms with Crippen molar-refractivity contribution in [2.75, 3.05) is 6.26 Å². The van der Waals surface area contributed by atoms with Crippen molar-refractivity contribution in [1.29, 1.82) is 0 Å². The second kappa shape index (κ2) is 3.28. The van der Waals surface area contributed by atoms with Crippen molar-refractivity contribution in [3.63, 3.8) is 0 Å². The quantitative estimate of drug-likeness (QED) is 0.709. The van der Waals surface area contributed by atoms with Crippen molar-refractivity contribution in [1.82, 2.24) is 4.98 Å². The molecule has 0 aliphatic carbocycles. The highest BCUT2D eigenvalue weighted by atomic mass is 35.5. The molecule has 3 heteroatoms. The van der Waals surface area contributed by atoms with Crippen LogP contribution in [0.25, 0.3) is 10.9 Å². The third kappa shape index (κ3) is 1.34. The van der Waals surface area contributed by atoms with Crippen LogP contribution in [0.15, 0.2) is 23.2 Å². The second-order valence-electron chi connectivity index (χ2n) is 2.97. The van der Waals surface area contributed by atoms with E-state index in [2.05, 4.69) is 18.2 Å². The summed E-state index contributed by atoms with van der Waals surface area (Å²) in [4.78, 5) is 4.45. The summed E-state index contributed by atoms with van der Waals surface area (Å²) < 4.78 is 0. The Labute approximate surface area is 86.5 Å². The van der Waals surface area contributed by atoms with E-state index in [4.69, 9.17) is 11.6 Å². The first-order valence-electron chi connectivity index (χ1n) is 4.04. The van der Waals surface area contributed by atoms with Gasteiger partial charge in [-0.15, -0.1) is 11.8 Å². The number of hydrogen-bond donors (Lipinski definition) is 1. The van der Waals surface area contributed by atoms with Gasteiger partial charge in [0.25, 0.3) is 0 Å². The molecule has 1 heterocycles. The predicted octanol–water partition coefficient (Wildman–Crippen LogP) is 3.85. The molecular weight excluding hydrogens is 202 g/mol. The van der Waals surface area contributed by atoms with E-state index in [1.54, 1.807) is 11.8 Å². The SMILES string of the molecule is CSc1c[nH]c2c(C)ccc(Cl)c12. The lowest BCUT2D eigenvalue weighted by atomic mass is 10.2. The average molecular weight is 212 g/mol. The molecule has 0 fully saturated rings. The fraction of sp³-hybridized carbons (Fsp3) is 0.200. The maximum atomic E-state index is 6.12. The number of aromatic amines is 1. The van der Waals surface area contributed by atoms with Gasteiger partial charge in [-0.2, -0.15) is 0 Å². The molecule has 0 radical (unpaired) electrons. The Morgan fingerprint density at radius 3 is 2.85 bits per heavy atom. The number of fused-ring (bicyclic) bond motifs is 1. The van der Waals surface area contributed by atoms with Crippen molar-refractivity contribution >= 4 is 34.3 Å². The molecule has 13 heavy (non-hydrogen) atoms. The van der Waals surface area contributed by atoms with Gasteiger partial charge in [0.05, 0.1) is 10.5 Å². The number of halogens is 1. The first-order chi connectivity index (χ1) is 6.24. The summed E-state index contributed by atoms with van der Waals surface area (Å²) in [5.41, 5.74) is 2.39. The number of aromatic nitrogens is 1. The van der Waals surface area contributed by atoms with E-state index >= 15 is 0 Å². The summed E-state index contributed by atoms with van der Waals surface area (Å²) in [7, 11) is 0. The van der Waals surface area contributed by atoms with E-state index in [1.165, 1.54) is 10.5 Å². The van der Waals surface area contributed by atoms with Gasteiger partial charge in [0.15, 0.2) is 0 Å². The van der Waals surface area contributed by atoms with Crippen LogP contribution in [0.2, 0.25) is 5.02 Å².